The van der Waals surface area contributed by atoms with E-state index in [4.69, 9.17) is 28.4 Å². The lowest BCUT2D eigenvalue weighted by atomic mass is 9.88. The Morgan fingerprint density at radius 2 is 1.12 bits per heavy atom. The van der Waals surface area contributed by atoms with Crippen LogP contribution < -0.4 is 10.6 Å². The molecular weight excluding hydrogens is 1080 g/mol. The van der Waals surface area contributed by atoms with Crippen LogP contribution in [0.3, 0.4) is 0 Å². The SMILES string of the molecule is CCCCCC/C=C\CCCC(=O)NC(COC1OC(CO)C(OC2OC(CO)C(O)C(OC3(C(=O)O)CC(O)C(NC(C)=O)C(C(O)C(O)CO)O3)C2O)C(O)C1O)C(O)CCCCCCCCCCCCCCCCCCCCCC. The summed E-state index contributed by atoms with van der Waals surface area (Å²) in [6.45, 7) is 2.12. The van der Waals surface area contributed by atoms with Crippen molar-refractivity contribution in [2.75, 3.05) is 26.4 Å². The second kappa shape index (κ2) is 42.4. The molecule has 0 aromatic carbocycles. The first kappa shape index (κ1) is 74.7. The second-order valence-corrected chi connectivity index (χ2v) is 23.3. The Morgan fingerprint density at radius 3 is 1.63 bits per heavy atom. The summed E-state index contributed by atoms with van der Waals surface area (Å²) in [7, 11) is 0. The van der Waals surface area contributed by atoms with Crippen molar-refractivity contribution in [3.63, 3.8) is 0 Å². The van der Waals surface area contributed by atoms with Crippen molar-refractivity contribution in [1.29, 1.82) is 0 Å². The lowest BCUT2D eigenvalue weighted by Gasteiger charge is -2.50. The quantitative estimate of drug-likeness (QED) is 0.0306. The Balaban J connectivity index is 1.61. The molecule has 18 unspecified atom stereocenters. The number of amides is 2. The van der Waals surface area contributed by atoms with Gasteiger partial charge in [0.2, 0.25) is 11.8 Å². The summed E-state index contributed by atoms with van der Waals surface area (Å²) >= 11 is 0. The molecule has 14 N–H and O–H groups in total. The maximum Gasteiger partial charge on any atom is 0.364 e. The van der Waals surface area contributed by atoms with Gasteiger partial charge in [0.05, 0.1) is 50.7 Å². The van der Waals surface area contributed by atoms with Gasteiger partial charge in [-0.15, -0.1) is 0 Å². The van der Waals surface area contributed by atoms with E-state index in [-0.39, 0.29) is 18.9 Å². The standard InChI is InChI=1S/C60H110N2O21/c1-4-6-8-10-12-14-15-16-17-18-19-20-21-22-23-24-26-27-29-31-33-42(67)41(62-47(70)34-32-30-28-25-13-11-9-7-5-2)39-78-57-52(74)51(73)54(46(38-65)80-57)81-58-53(75)56(50(72)45(37-64)79-58)83-60(59(76)77)35-43(68)48(61-40(3)66)55(82-60)49(71)44(69)36-63/h25,28,41-46,48-58,63-65,67-69,71-75H,4-24,26-27,29-39H2,1-3H3,(H,61,66)(H,62,70)(H,76,77)/b28-25-. The number of carbonyl (C=O) groups is 3. The first-order valence-electron chi connectivity index (χ1n) is 31.5. The van der Waals surface area contributed by atoms with Gasteiger partial charge in [-0.25, -0.2) is 4.79 Å². The summed E-state index contributed by atoms with van der Waals surface area (Å²) in [6, 6.07) is -2.54. The predicted octanol–water partition coefficient (Wildman–Crippen LogP) is 3.56. The van der Waals surface area contributed by atoms with Crippen molar-refractivity contribution in [2.45, 2.75) is 323 Å². The van der Waals surface area contributed by atoms with E-state index in [1.165, 1.54) is 109 Å². The van der Waals surface area contributed by atoms with Crippen LogP contribution >= 0.6 is 0 Å². The van der Waals surface area contributed by atoms with Crippen molar-refractivity contribution in [2.24, 2.45) is 0 Å². The van der Waals surface area contributed by atoms with Crippen molar-refractivity contribution in [3.8, 4) is 0 Å². The summed E-state index contributed by atoms with van der Waals surface area (Å²) in [6.07, 6.45) is 6.96. The average molecular weight is 1200 g/mol. The molecule has 18 atom stereocenters. The van der Waals surface area contributed by atoms with E-state index in [2.05, 4.69) is 36.6 Å². The van der Waals surface area contributed by atoms with E-state index >= 15 is 0 Å². The van der Waals surface area contributed by atoms with Crippen molar-refractivity contribution < 1.29 is 104 Å². The number of allylic oxidation sites excluding steroid dienone is 2. The molecule has 0 aliphatic carbocycles. The van der Waals surface area contributed by atoms with E-state index < -0.39 is 148 Å². The number of aliphatic hydroxyl groups is 11. The third-order valence-corrected chi connectivity index (χ3v) is 16.2. The molecule has 2 amide bonds. The van der Waals surface area contributed by atoms with Crippen LogP contribution in [0, 0.1) is 0 Å². The summed E-state index contributed by atoms with van der Waals surface area (Å²) in [4.78, 5) is 38.3. The third-order valence-electron chi connectivity index (χ3n) is 16.2. The molecule has 3 fully saturated rings. The minimum Gasteiger partial charge on any atom is -0.477 e. The number of carbonyl (C=O) groups excluding carboxylic acids is 2. The van der Waals surface area contributed by atoms with Crippen LogP contribution in [0.1, 0.15) is 213 Å². The zero-order valence-electron chi connectivity index (χ0n) is 50.1. The zero-order chi connectivity index (χ0) is 61.2. The molecule has 3 aliphatic rings. The normalized spacial score (nSPS) is 30.0. The summed E-state index contributed by atoms with van der Waals surface area (Å²) in [5, 5.41) is 136. The van der Waals surface area contributed by atoms with Crippen LogP contribution in [0.4, 0.5) is 0 Å². The molecule has 0 saturated carbocycles. The van der Waals surface area contributed by atoms with Crippen molar-refractivity contribution in [1.82, 2.24) is 10.6 Å². The minimum absolute atomic E-state index is 0.175. The van der Waals surface area contributed by atoms with E-state index in [0.717, 1.165) is 51.9 Å². The number of unbranched alkanes of at least 4 members (excludes halogenated alkanes) is 24. The maximum absolute atomic E-state index is 13.3. The predicted molar refractivity (Wildman–Crippen MR) is 306 cm³/mol. The first-order chi connectivity index (χ1) is 39.9. The fourth-order valence-corrected chi connectivity index (χ4v) is 11.1. The van der Waals surface area contributed by atoms with E-state index in [1.54, 1.807) is 0 Å². The molecule has 3 heterocycles. The van der Waals surface area contributed by atoms with Crippen LogP contribution in [0.2, 0.25) is 0 Å². The Labute approximate surface area is 492 Å². The molecule has 3 saturated heterocycles. The highest BCUT2D eigenvalue weighted by atomic mass is 16.8. The van der Waals surface area contributed by atoms with Crippen LogP contribution in [0.15, 0.2) is 12.2 Å². The van der Waals surface area contributed by atoms with Crippen molar-refractivity contribution in [3.05, 3.63) is 12.2 Å². The van der Waals surface area contributed by atoms with Gasteiger partial charge in [-0.1, -0.05) is 174 Å². The topological polar surface area (TPSA) is 373 Å². The lowest BCUT2D eigenvalue weighted by molar-refractivity contribution is -0.386. The number of hydrogen-bond donors (Lipinski definition) is 14. The third kappa shape index (κ3) is 26.4. The number of rotatable bonds is 46. The number of aliphatic carboxylic acids is 1. The zero-order valence-corrected chi connectivity index (χ0v) is 50.1. The van der Waals surface area contributed by atoms with Crippen LogP contribution in [0.5, 0.6) is 0 Å². The van der Waals surface area contributed by atoms with Crippen LogP contribution in [-0.4, -0.2) is 215 Å². The van der Waals surface area contributed by atoms with Gasteiger partial charge in [-0.3, -0.25) is 9.59 Å². The van der Waals surface area contributed by atoms with Gasteiger partial charge in [0.25, 0.3) is 5.79 Å². The molecular formula is C60H110N2O21. The van der Waals surface area contributed by atoms with Gasteiger partial charge in [0.15, 0.2) is 12.6 Å². The lowest BCUT2D eigenvalue weighted by Crippen LogP contribution is -2.70. The number of carboxylic acid groups (broad SMARTS) is 1. The molecule has 83 heavy (non-hydrogen) atoms. The summed E-state index contributed by atoms with van der Waals surface area (Å²) < 4.78 is 34.7. The molecule has 3 aliphatic heterocycles. The monoisotopic (exact) mass is 1190 g/mol. The highest BCUT2D eigenvalue weighted by Gasteiger charge is 2.60. The molecule has 0 aromatic rings. The number of nitrogens with one attached hydrogen (secondary N) is 2. The van der Waals surface area contributed by atoms with Gasteiger partial charge in [0, 0.05) is 19.8 Å². The Kier molecular flexibility index (Phi) is 38.1. The highest BCUT2D eigenvalue weighted by molar-refractivity contribution is 5.77. The Hall–Kier alpha value is -2.53. The van der Waals surface area contributed by atoms with Gasteiger partial charge >= 0.3 is 5.97 Å². The highest BCUT2D eigenvalue weighted by Crippen LogP contribution is 2.38. The van der Waals surface area contributed by atoms with Gasteiger partial charge in [0.1, 0.15) is 67.1 Å². The first-order valence-corrected chi connectivity index (χ1v) is 31.5. The molecule has 23 nitrogen and oxygen atoms in total. The Morgan fingerprint density at radius 1 is 0.614 bits per heavy atom. The molecule has 0 spiro atoms. The van der Waals surface area contributed by atoms with Gasteiger partial charge in [-0.2, -0.15) is 0 Å². The molecule has 0 radical (unpaired) electrons. The largest absolute Gasteiger partial charge is 0.477 e. The van der Waals surface area contributed by atoms with E-state index in [0.29, 0.717) is 25.7 Å². The molecule has 0 aromatic heterocycles. The molecule has 3 rings (SSSR count). The Bertz CT molecular complexity index is 1750. The van der Waals surface area contributed by atoms with Crippen LogP contribution in [-0.2, 0) is 42.8 Å². The van der Waals surface area contributed by atoms with E-state index in [1.807, 2.05) is 0 Å². The number of carboxylic acids is 1. The summed E-state index contributed by atoms with van der Waals surface area (Å²) in [5.41, 5.74) is 0. The number of ether oxygens (including phenoxy) is 6. The van der Waals surface area contributed by atoms with Crippen molar-refractivity contribution >= 4 is 17.8 Å². The van der Waals surface area contributed by atoms with Gasteiger partial charge in [-0.05, 0) is 32.1 Å². The molecule has 23 heteroatoms. The fourth-order valence-electron chi connectivity index (χ4n) is 11.1. The minimum atomic E-state index is -3.08. The van der Waals surface area contributed by atoms with Gasteiger partial charge < -0.3 is 100 Å². The fraction of sp³-hybridized carbons (Fsp3) is 0.917. The number of aliphatic hydroxyl groups excluding tert-OH is 11. The number of hydrogen-bond acceptors (Lipinski definition) is 20. The molecule has 486 valence electrons. The maximum atomic E-state index is 13.3. The van der Waals surface area contributed by atoms with Crippen LogP contribution in [0.25, 0.3) is 0 Å². The summed E-state index contributed by atoms with van der Waals surface area (Å²) in [5.74, 6) is -6.14. The molecule has 0 bridgehead atoms. The second-order valence-electron chi connectivity index (χ2n) is 23.3. The average Bonchev–Trinajstić information content (AvgIpc) is 3.43. The smallest absolute Gasteiger partial charge is 0.364 e. The van der Waals surface area contributed by atoms with E-state index in [9.17, 15) is 75.7 Å².